The smallest absolute Gasteiger partial charge is 0.253 e. The fourth-order valence-corrected chi connectivity index (χ4v) is 5.96. The van der Waals surface area contributed by atoms with Crippen LogP contribution >= 0.6 is 0 Å². The number of benzene rings is 3. The second-order valence-corrected chi connectivity index (χ2v) is 9.85. The average Bonchev–Trinajstić information content (AvgIpc) is 3.15. The number of hydrogen-bond donors (Lipinski definition) is 0. The average molecular weight is 458 g/mol. The van der Waals surface area contributed by atoms with Gasteiger partial charge in [0.25, 0.3) is 5.91 Å². The molecule has 0 atom stereocenters. The van der Waals surface area contributed by atoms with Crippen molar-refractivity contribution >= 4 is 21.7 Å². The SMILES string of the molecule is N#Cc1ccccc1S(=O)(=O)N1CCN(C(=O)c2ccc3c(c2)C(=O)c2ccccc2-3)CC1. The maximum atomic E-state index is 13.1. The molecule has 0 N–H and O–H groups in total. The number of amides is 1. The molecular weight excluding hydrogens is 438 g/mol. The molecule has 0 bridgehead atoms. The Kier molecular flexibility index (Phi) is 5.08. The Labute approximate surface area is 191 Å². The van der Waals surface area contributed by atoms with Crippen molar-refractivity contribution in [2.75, 3.05) is 26.2 Å². The second kappa shape index (κ2) is 7.96. The van der Waals surface area contributed by atoms with Crippen LogP contribution in [0.15, 0.2) is 71.6 Å². The van der Waals surface area contributed by atoms with Crippen molar-refractivity contribution < 1.29 is 18.0 Å². The van der Waals surface area contributed by atoms with Gasteiger partial charge in [-0.15, -0.1) is 0 Å². The molecule has 1 saturated heterocycles. The first-order valence-corrected chi connectivity index (χ1v) is 11.9. The fourth-order valence-electron chi connectivity index (χ4n) is 4.40. The maximum Gasteiger partial charge on any atom is 0.253 e. The van der Waals surface area contributed by atoms with E-state index in [1.165, 1.54) is 16.4 Å². The first-order valence-electron chi connectivity index (χ1n) is 10.5. The van der Waals surface area contributed by atoms with E-state index in [-0.39, 0.29) is 48.3 Å². The van der Waals surface area contributed by atoms with Gasteiger partial charge in [0.05, 0.1) is 10.5 Å². The molecule has 8 heteroatoms. The zero-order chi connectivity index (χ0) is 23.2. The van der Waals surface area contributed by atoms with Crippen molar-refractivity contribution in [3.63, 3.8) is 0 Å². The number of hydrogen-bond acceptors (Lipinski definition) is 5. The van der Waals surface area contributed by atoms with Crippen LogP contribution in [-0.2, 0) is 10.0 Å². The molecule has 1 aliphatic carbocycles. The lowest BCUT2D eigenvalue weighted by Crippen LogP contribution is -2.50. The van der Waals surface area contributed by atoms with Crippen molar-refractivity contribution in [1.82, 2.24) is 9.21 Å². The van der Waals surface area contributed by atoms with Gasteiger partial charge in [0.2, 0.25) is 10.0 Å². The van der Waals surface area contributed by atoms with Crippen molar-refractivity contribution in [3.8, 4) is 17.2 Å². The van der Waals surface area contributed by atoms with Crippen LogP contribution in [0.1, 0.15) is 31.8 Å². The van der Waals surface area contributed by atoms with E-state index in [2.05, 4.69) is 0 Å². The molecule has 0 radical (unpaired) electrons. The number of ketones is 1. The summed E-state index contributed by atoms with van der Waals surface area (Å²) < 4.78 is 27.3. The minimum Gasteiger partial charge on any atom is -0.336 e. The predicted octanol–water partition coefficient (Wildman–Crippen LogP) is 2.92. The molecule has 3 aromatic rings. The topological polar surface area (TPSA) is 98.5 Å². The summed E-state index contributed by atoms with van der Waals surface area (Å²) in [4.78, 5) is 27.4. The van der Waals surface area contributed by atoms with E-state index < -0.39 is 10.0 Å². The van der Waals surface area contributed by atoms with Crippen LogP contribution in [0, 0.1) is 11.3 Å². The third-order valence-corrected chi connectivity index (χ3v) is 8.08. The minimum atomic E-state index is -3.84. The Morgan fingerprint density at radius 2 is 1.45 bits per heavy atom. The predicted molar refractivity (Wildman–Crippen MR) is 121 cm³/mol. The number of nitrogens with zero attached hydrogens (tertiary/aromatic N) is 3. The highest BCUT2D eigenvalue weighted by Crippen LogP contribution is 2.37. The Bertz CT molecular complexity index is 1450. The van der Waals surface area contributed by atoms with Gasteiger partial charge in [0, 0.05) is 42.9 Å². The van der Waals surface area contributed by atoms with Gasteiger partial charge >= 0.3 is 0 Å². The molecule has 164 valence electrons. The Morgan fingerprint density at radius 3 is 2.18 bits per heavy atom. The summed E-state index contributed by atoms with van der Waals surface area (Å²) in [7, 11) is -3.84. The first kappa shape index (κ1) is 21.1. The monoisotopic (exact) mass is 457 g/mol. The van der Waals surface area contributed by atoms with Gasteiger partial charge in [-0.1, -0.05) is 42.5 Å². The number of carbonyl (C=O) groups is 2. The van der Waals surface area contributed by atoms with Crippen molar-refractivity contribution in [2.45, 2.75) is 4.90 Å². The highest BCUT2D eigenvalue weighted by Gasteiger charge is 2.33. The third-order valence-electron chi connectivity index (χ3n) is 6.12. The van der Waals surface area contributed by atoms with Gasteiger partial charge in [0.1, 0.15) is 6.07 Å². The summed E-state index contributed by atoms with van der Waals surface area (Å²) in [6.45, 7) is 0.697. The third kappa shape index (κ3) is 3.42. The first-order chi connectivity index (χ1) is 15.9. The van der Waals surface area contributed by atoms with Gasteiger partial charge in [-0.25, -0.2) is 8.42 Å². The van der Waals surface area contributed by atoms with Gasteiger partial charge in [-0.2, -0.15) is 9.57 Å². The zero-order valence-electron chi connectivity index (χ0n) is 17.6. The van der Waals surface area contributed by atoms with Crippen LogP contribution in [0.5, 0.6) is 0 Å². The van der Waals surface area contributed by atoms with E-state index in [1.54, 1.807) is 41.3 Å². The molecule has 0 saturated carbocycles. The largest absolute Gasteiger partial charge is 0.336 e. The van der Waals surface area contributed by atoms with E-state index in [0.717, 1.165) is 11.1 Å². The van der Waals surface area contributed by atoms with Crippen molar-refractivity contribution in [1.29, 1.82) is 5.26 Å². The standard InChI is InChI=1S/C25H19N3O4S/c26-16-18-5-1-4-8-23(18)33(31,32)28-13-11-27(12-14-28)25(30)17-9-10-20-19-6-2-3-7-21(19)24(29)22(20)15-17/h1-10,15H,11-14H2. The van der Waals surface area contributed by atoms with Crippen LogP contribution in [0.4, 0.5) is 0 Å². The molecule has 3 aromatic carbocycles. The lowest BCUT2D eigenvalue weighted by Gasteiger charge is -2.34. The Morgan fingerprint density at radius 1 is 0.818 bits per heavy atom. The summed E-state index contributed by atoms with van der Waals surface area (Å²) in [6, 6.07) is 20.5. The van der Waals surface area contributed by atoms with E-state index in [0.29, 0.717) is 16.7 Å². The summed E-state index contributed by atoms with van der Waals surface area (Å²) in [5.74, 6) is -0.335. The molecule has 2 aliphatic rings. The zero-order valence-corrected chi connectivity index (χ0v) is 18.4. The van der Waals surface area contributed by atoms with Gasteiger partial charge < -0.3 is 4.90 Å². The van der Waals surface area contributed by atoms with E-state index in [9.17, 15) is 23.3 Å². The molecule has 1 aliphatic heterocycles. The number of fused-ring (bicyclic) bond motifs is 3. The maximum absolute atomic E-state index is 13.1. The second-order valence-electron chi connectivity index (χ2n) is 7.94. The number of rotatable bonds is 3. The van der Waals surface area contributed by atoms with Crippen LogP contribution in [-0.4, -0.2) is 55.5 Å². The number of sulfonamides is 1. The quantitative estimate of drug-likeness (QED) is 0.471. The summed E-state index contributed by atoms with van der Waals surface area (Å²) >= 11 is 0. The molecule has 1 heterocycles. The highest BCUT2D eigenvalue weighted by atomic mass is 32.2. The van der Waals surface area contributed by atoms with Crippen LogP contribution in [0.2, 0.25) is 0 Å². The molecule has 1 amide bonds. The fraction of sp³-hybridized carbons (Fsp3) is 0.160. The summed E-state index contributed by atoms with van der Waals surface area (Å²) in [6.07, 6.45) is 0. The number of nitriles is 1. The Hall–Kier alpha value is -3.80. The van der Waals surface area contributed by atoms with Crippen molar-refractivity contribution in [3.05, 3.63) is 89.0 Å². The lowest BCUT2D eigenvalue weighted by molar-refractivity contribution is 0.0698. The highest BCUT2D eigenvalue weighted by molar-refractivity contribution is 7.89. The minimum absolute atomic E-state index is 0.0241. The van der Waals surface area contributed by atoms with E-state index >= 15 is 0 Å². The van der Waals surface area contributed by atoms with E-state index in [4.69, 9.17) is 0 Å². The molecule has 0 unspecified atom stereocenters. The molecule has 0 aromatic heterocycles. The van der Waals surface area contributed by atoms with Crippen molar-refractivity contribution in [2.24, 2.45) is 0 Å². The molecule has 0 spiro atoms. The summed E-state index contributed by atoms with van der Waals surface area (Å²) in [5, 5.41) is 9.25. The van der Waals surface area contributed by atoms with Gasteiger partial charge in [0.15, 0.2) is 5.78 Å². The van der Waals surface area contributed by atoms with Crippen LogP contribution in [0.25, 0.3) is 11.1 Å². The molecule has 5 rings (SSSR count). The molecular formula is C25H19N3O4S. The lowest BCUT2D eigenvalue weighted by atomic mass is 10.0. The van der Waals surface area contributed by atoms with Gasteiger partial charge in [-0.05, 0) is 35.4 Å². The number of piperazine rings is 1. The van der Waals surface area contributed by atoms with Crippen LogP contribution in [0.3, 0.4) is 0 Å². The molecule has 33 heavy (non-hydrogen) atoms. The summed E-state index contributed by atoms with van der Waals surface area (Å²) in [5.41, 5.74) is 3.33. The van der Waals surface area contributed by atoms with Crippen LogP contribution < -0.4 is 0 Å². The van der Waals surface area contributed by atoms with Gasteiger partial charge in [-0.3, -0.25) is 9.59 Å². The van der Waals surface area contributed by atoms with E-state index in [1.807, 2.05) is 24.3 Å². The molecule has 7 nitrogen and oxygen atoms in total. The number of carbonyl (C=O) groups excluding carboxylic acids is 2. The normalized spacial score (nSPS) is 15.6. The Balaban J connectivity index is 1.33. The molecule has 1 fully saturated rings.